The van der Waals surface area contributed by atoms with Crippen LogP contribution in [0.25, 0.3) is 0 Å². The molecule has 16 heteroatoms. The van der Waals surface area contributed by atoms with Gasteiger partial charge in [-0.3, -0.25) is 9.59 Å². The molecule has 0 aromatic heterocycles. The lowest BCUT2D eigenvalue weighted by Gasteiger charge is -2.73. The van der Waals surface area contributed by atoms with Crippen molar-refractivity contribution in [3.63, 3.8) is 0 Å². The van der Waals surface area contributed by atoms with Crippen molar-refractivity contribution in [1.82, 2.24) is 10.6 Å². The van der Waals surface area contributed by atoms with Crippen LogP contribution in [0.1, 0.15) is 109 Å². The standard InChI is InChI=1S/C58H66N2O12S2/c61-16-4-10-44-57-40(19-31(20-43(57)65)18-29-5-1-6-30(17-29)25-62)47(66)35-8-2-9-41(45(35)49(57)67)71-55-15-13-39-37-22-32-21-34-23-53(14-3-7-33(53)26-63)42-12-11-36-46(38(32)24-59-50(36)60-28-73-74-44)56(34,42)48(37)58(70,52(55)69)51(68)54(39,27-64)72-55/h1-2,5-6,8-9,17,19-20,26,32-34,37,39-40,42,44,48,51-52,59-62,64-65,68-70H,3-4,7,10-16,18,21-25,27-28H2. The second-order valence-corrected chi connectivity index (χ2v) is 26.8. The van der Waals surface area contributed by atoms with Crippen molar-refractivity contribution in [3.05, 3.63) is 111 Å². The Bertz CT molecular complexity index is 2920. The van der Waals surface area contributed by atoms with Crippen molar-refractivity contribution >= 4 is 39.4 Å². The van der Waals surface area contributed by atoms with Gasteiger partial charge in [-0.05, 0) is 151 Å². The molecule has 2 aromatic carbocycles. The predicted molar refractivity (Wildman–Crippen MR) is 274 cm³/mol. The number of hydrogen-bond donors (Lipinski definition) is 9. The Balaban J connectivity index is 0.984. The van der Waals surface area contributed by atoms with Gasteiger partial charge in [0, 0.05) is 47.6 Å². The zero-order valence-corrected chi connectivity index (χ0v) is 43.0. The van der Waals surface area contributed by atoms with Gasteiger partial charge in [0.05, 0.1) is 30.6 Å². The van der Waals surface area contributed by atoms with Crippen molar-refractivity contribution < 1.29 is 59.6 Å². The zero-order valence-electron chi connectivity index (χ0n) is 41.3. The maximum atomic E-state index is 16.3. The molecule has 74 heavy (non-hydrogen) atoms. The van der Waals surface area contributed by atoms with Gasteiger partial charge in [0.15, 0.2) is 17.7 Å². The topological polar surface area (TPSA) is 235 Å². The first-order chi connectivity index (χ1) is 35.8. The SMILES string of the molecule is O=CC1CCCC12CC1CC3CC4C5CCC67Oc8cccc9c8C(=O)C8(C(O)=CC(Cc%10cccc(CO)c%10)=CC8C9=O)C(CCCO)SSCNC8=C9CCC2C1(C9=C3CN8)C4C(O)(C6O)C(O)C5(CO)O7. The monoisotopic (exact) mass is 1050 g/mol. The first-order valence-electron chi connectivity index (χ1n) is 27.2. The molecule has 15 rings (SSSR count). The molecular formula is C58H66N2O12S2. The van der Waals surface area contributed by atoms with Gasteiger partial charge in [0.1, 0.15) is 46.3 Å². The number of carbonyl (C=O) groups is 3. The highest BCUT2D eigenvalue weighted by atomic mass is 33.1. The van der Waals surface area contributed by atoms with Crippen molar-refractivity contribution in [3.8, 4) is 5.75 Å². The Hall–Kier alpha value is -3.97. The van der Waals surface area contributed by atoms with Crippen LogP contribution in [0.2, 0.25) is 0 Å². The highest BCUT2D eigenvalue weighted by Gasteiger charge is 2.86. The zero-order chi connectivity index (χ0) is 50.9. The Kier molecular flexibility index (Phi) is 11.0. The minimum absolute atomic E-state index is 0.0335. The van der Waals surface area contributed by atoms with Crippen LogP contribution in [-0.2, 0) is 22.6 Å². The van der Waals surface area contributed by atoms with E-state index in [0.29, 0.717) is 42.8 Å². The number of ketones is 2. The van der Waals surface area contributed by atoms with E-state index in [2.05, 4.69) is 10.6 Å². The van der Waals surface area contributed by atoms with Crippen LogP contribution in [0.4, 0.5) is 0 Å². The lowest BCUT2D eigenvalue weighted by atomic mass is 9.38. The molecule has 4 heterocycles. The number of ether oxygens (including phenoxy) is 2. The summed E-state index contributed by atoms with van der Waals surface area (Å²) in [4.78, 5) is 45.2. The quantitative estimate of drug-likeness (QED) is 0.113. The summed E-state index contributed by atoms with van der Waals surface area (Å²) >= 11 is 0. The Morgan fingerprint density at radius 2 is 1.80 bits per heavy atom. The first-order valence-corrected chi connectivity index (χ1v) is 29.6. The molecule has 17 unspecified atom stereocenters. The summed E-state index contributed by atoms with van der Waals surface area (Å²) in [6.45, 7) is -0.463. The number of nitrogens with one attached hydrogen (secondary N) is 2. The lowest BCUT2D eigenvalue weighted by molar-refractivity contribution is -0.462. The van der Waals surface area contributed by atoms with Gasteiger partial charge in [-0.1, -0.05) is 70.5 Å². The van der Waals surface area contributed by atoms with Crippen molar-refractivity contribution in [2.75, 3.05) is 25.6 Å². The molecule has 9 aliphatic carbocycles. The first kappa shape index (κ1) is 48.4. The number of aldehydes is 1. The van der Waals surface area contributed by atoms with Crippen molar-refractivity contribution in [2.45, 2.75) is 125 Å². The third-order valence-electron chi connectivity index (χ3n) is 21.8. The van der Waals surface area contributed by atoms with Crippen LogP contribution in [0.5, 0.6) is 5.75 Å². The minimum atomic E-state index is -2.32. The lowest BCUT2D eigenvalue weighted by Crippen LogP contribution is -2.88. The molecule has 7 fully saturated rings. The molecule has 0 radical (unpaired) electrons. The van der Waals surface area contributed by atoms with E-state index in [1.165, 1.54) is 39.0 Å². The number of Topliss-reactive ketones (excluding diaryl/α,β-unsaturated/α-hetero) is 2. The molecule has 14 nitrogen and oxygen atoms in total. The second kappa shape index (κ2) is 16.8. The van der Waals surface area contributed by atoms with Crippen LogP contribution in [-0.4, -0.2) is 114 Å². The summed E-state index contributed by atoms with van der Waals surface area (Å²) in [5.41, 5.74) is -1.25. The maximum Gasteiger partial charge on any atom is 0.240 e. The number of aliphatic hydroxyl groups is 7. The molecule has 13 aliphatic rings. The van der Waals surface area contributed by atoms with Gasteiger partial charge in [-0.25, -0.2) is 0 Å². The highest BCUT2D eigenvalue weighted by Crippen LogP contribution is 2.83. The van der Waals surface area contributed by atoms with E-state index in [1.807, 2.05) is 24.3 Å². The maximum absolute atomic E-state index is 16.3. The minimum Gasteiger partial charge on any atom is -0.511 e. The molecule has 11 bridgehead atoms. The number of hydrogen-bond acceptors (Lipinski definition) is 16. The van der Waals surface area contributed by atoms with Gasteiger partial charge in [-0.2, -0.15) is 0 Å². The van der Waals surface area contributed by atoms with Gasteiger partial charge in [-0.15, -0.1) is 0 Å². The number of carbonyl (C=O) groups excluding carboxylic acids is 3. The van der Waals surface area contributed by atoms with E-state index in [9.17, 15) is 40.5 Å². The van der Waals surface area contributed by atoms with Crippen LogP contribution < -0.4 is 15.4 Å². The number of fused-ring (bicyclic) bond motifs is 1. The van der Waals surface area contributed by atoms with Gasteiger partial charge < -0.3 is 60.6 Å². The normalized spacial score (nSPS) is 44.9. The number of benzene rings is 2. The van der Waals surface area contributed by atoms with Gasteiger partial charge in [0.2, 0.25) is 5.79 Å². The molecule has 2 aromatic rings. The summed E-state index contributed by atoms with van der Waals surface area (Å²) in [7, 11) is 2.88. The van der Waals surface area contributed by atoms with E-state index >= 15 is 9.59 Å². The number of rotatable bonds is 8. The van der Waals surface area contributed by atoms with Crippen LogP contribution in [0.3, 0.4) is 0 Å². The fourth-order valence-electron chi connectivity index (χ4n) is 19.5. The van der Waals surface area contributed by atoms with Gasteiger partial charge in [0.25, 0.3) is 0 Å². The average Bonchev–Trinajstić information content (AvgIpc) is 4.07. The van der Waals surface area contributed by atoms with E-state index in [-0.39, 0.29) is 90.1 Å². The molecule has 4 aliphatic heterocycles. The third-order valence-corrected chi connectivity index (χ3v) is 24.5. The molecule has 5 saturated carbocycles. The number of allylic oxidation sites excluding steroid dienone is 6. The molecule has 4 spiro atoms. The summed E-state index contributed by atoms with van der Waals surface area (Å²) in [5.74, 6) is -4.95. The van der Waals surface area contributed by atoms with Crippen molar-refractivity contribution in [2.24, 2.45) is 63.6 Å². The largest absolute Gasteiger partial charge is 0.511 e. The molecule has 2 saturated heterocycles. The Morgan fingerprint density at radius 3 is 2.61 bits per heavy atom. The fourth-order valence-corrected chi connectivity index (χ4v) is 22.4. The fraction of sp³-hybridized carbons (Fsp3) is 0.603. The van der Waals surface area contributed by atoms with Crippen LogP contribution in [0.15, 0.2) is 88.5 Å². The summed E-state index contributed by atoms with van der Waals surface area (Å²) in [5, 5.41) is 93.1. The predicted octanol–water partition coefficient (Wildman–Crippen LogP) is 5.75. The summed E-state index contributed by atoms with van der Waals surface area (Å²) in [6, 6.07) is 12.2. The third kappa shape index (κ3) is 5.83. The van der Waals surface area contributed by atoms with Crippen LogP contribution in [0, 0.1) is 63.6 Å². The van der Waals surface area contributed by atoms with E-state index in [4.69, 9.17) is 9.47 Å². The molecular weight excluding hydrogens is 981 g/mol. The summed E-state index contributed by atoms with van der Waals surface area (Å²) in [6.07, 6.45) is 8.60. The molecule has 17 atom stereocenters. The van der Waals surface area contributed by atoms with E-state index in [0.717, 1.165) is 61.9 Å². The highest BCUT2D eigenvalue weighted by molar-refractivity contribution is 8.76. The van der Waals surface area contributed by atoms with E-state index < -0.39 is 81.2 Å². The van der Waals surface area contributed by atoms with Crippen LogP contribution >= 0.6 is 21.6 Å². The number of aliphatic hydroxyl groups excluding tert-OH is 6. The average molecular weight is 1050 g/mol. The van der Waals surface area contributed by atoms with E-state index in [1.54, 1.807) is 30.4 Å². The molecule has 9 N–H and O–H groups in total. The molecule has 0 amide bonds. The summed E-state index contributed by atoms with van der Waals surface area (Å²) < 4.78 is 14.2. The van der Waals surface area contributed by atoms with Gasteiger partial charge >= 0.3 is 0 Å². The Labute approximate surface area is 437 Å². The number of dihydropyridines is 1. The Morgan fingerprint density at radius 1 is 0.959 bits per heavy atom. The second-order valence-electron chi connectivity index (χ2n) is 24.2. The smallest absolute Gasteiger partial charge is 0.240 e. The molecule has 392 valence electrons. The van der Waals surface area contributed by atoms with Crippen molar-refractivity contribution in [1.29, 1.82) is 0 Å².